The van der Waals surface area contributed by atoms with E-state index in [4.69, 9.17) is 0 Å². The van der Waals surface area contributed by atoms with Crippen molar-refractivity contribution in [1.29, 1.82) is 0 Å². The van der Waals surface area contributed by atoms with Crippen LogP contribution in [0.5, 0.6) is 0 Å². The predicted molar refractivity (Wildman–Crippen MR) is 127 cm³/mol. The van der Waals surface area contributed by atoms with Gasteiger partial charge in [0.2, 0.25) is 5.91 Å². The summed E-state index contributed by atoms with van der Waals surface area (Å²) in [5, 5.41) is 7.76. The minimum absolute atomic E-state index is 0.0306. The summed E-state index contributed by atoms with van der Waals surface area (Å²) in [6, 6.07) is 17.6. The second-order valence-corrected chi connectivity index (χ2v) is 8.34. The van der Waals surface area contributed by atoms with E-state index in [0.29, 0.717) is 4.90 Å². The highest BCUT2D eigenvalue weighted by Crippen LogP contribution is 2.29. The van der Waals surface area contributed by atoms with Crippen LogP contribution in [0.25, 0.3) is 0 Å². The molecule has 1 aliphatic heterocycles. The molecule has 0 bridgehead atoms. The summed E-state index contributed by atoms with van der Waals surface area (Å²) in [4.78, 5) is 51.6. The third-order valence-electron chi connectivity index (χ3n) is 5.82. The molecule has 1 unspecified atom stereocenters. The van der Waals surface area contributed by atoms with E-state index in [9.17, 15) is 28.0 Å². The molecule has 0 radical (unpaired) electrons. The molecule has 10 heteroatoms. The van der Waals surface area contributed by atoms with Gasteiger partial charge in [0.1, 0.15) is 12.1 Å². The van der Waals surface area contributed by atoms with Crippen molar-refractivity contribution in [2.75, 3.05) is 11.9 Å². The van der Waals surface area contributed by atoms with Gasteiger partial charge in [-0.05, 0) is 42.3 Å². The Morgan fingerprint density at radius 3 is 2.36 bits per heavy atom. The number of carbonyl (C=O) groups is 4. The Morgan fingerprint density at radius 2 is 1.64 bits per heavy atom. The van der Waals surface area contributed by atoms with Crippen molar-refractivity contribution in [2.24, 2.45) is 0 Å². The molecule has 1 saturated heterocycles. The minimum Gasteiger partial charge on any atom is -0.348 e. The Balaban J connectivity index is 1.44. The first-order chi connectivity index (χ1) is 17.2. The van der Waals surface area contributed by atoms with Gasteiger partial charge >= 0.3 is 6.03 Å². The molecule has 36 heavy (non-hydrogen) atoms. The van der Waals surface area contributed by atoms with Gasteiger partial charge in [0.25, 0.3) is 11.8 Å². The topological polar surface area (TPSA) is 108 Å². The molecule has 8 nitrogen and oxygen atoms in total. The first-order valence-electron chi connectivity index (χ1n) is 11.0. The fourth-order valence-electron chi connectivity index (χ4n) is 3.84. The lowest BCUT2D eigenvalue weighted by molar-refractivity contribution is -0.133. The van der Waals surface area contributed by atoms with Gasteiger partial charge in [0.05, 0.1) is 11.3 Å². The summed E-state index contributed by atoms with van der Waals surface area (Å²) in [6.45, 7) is 0.973. The zero-order valence-electron chi connectivity index (χ0n) is 19.2. The van der Waals surface area contributed by atoms with E-state index in [1.54, 1.807) is 12.1 Å². The Kier molecular flexibility index (Phi) is 6.77. The van der Waals surface area contributed by atoms with Crippen LogP contribution in [0.2, 0.25) is 0 Å². The van der Waals surface area contributed by atoms with Gasteiger partial charge in [-0.1, -0.05) is 48.5 Å². The lowest BCUT2D eigenvalue weighted by Crippen LogP contribution is -2.42. The molecule has 3 aromatic rings. The second-order valence-electron chi connectivity index (χ2n) is 8.34. The van der Waals surface area contributed by atoms with E-state index in [1.807, 2.05) is 30.3 Å². The van der Waals surface area contributed by atoms with E-state index in [-0.39, 0.29) is 23.4 Å². The molecule has 1 atom stereocenters. The number of nitrogens with zero attached hydrogens (tertiary/aromatic N) is 1. The van der Waals surface area contributed by atoms with Crippen molar-refractivity contribution < 1.29 is 28.0 Å². The molecule has 4 rings (SSSR count). The largest absolute Gasteiger partial charge is 0.348 e. The Bertz CT molecular complexity index is 1350. The molecule has 5 amide bonds. The summed E-state index contributed by atoms with van der Waals surface area (Å²) in [5.74, 6) is -4.22. The van der Waals surface area contributed by atoms with Crippen LogP contribution in [-0.2, 0) is 21.7 Å². The van der Waals surface area contributed by atoms with E-state index in [0.717, 1.165) is 17.7 Å². The first kappa shape index (κ1) is 24.5. The first-order valence-corrected chi connectivity index (χ1v) is 11.0. The summed E-state index contributed by atoms with van der Waals surface area (Å²) >= 11 is 0. The van der Waals surface area contributed by atoms with Crippen molar-refractivity contribution in [1.82, 2.24) is 15.5 Å². The Morgan fingerprint density at radius 1 is 0.944 bits per heavy atom. The molecule has 0 saturated carbocycles. The number of hydrogen-bond donors (Lipinski definition) is 3. The van der Waals surface area contributed by atoms with Crippen molar-refractivity contribution in [3.63, 3.8) is 0 Å². The summed E-state index contributed by atoms with van der Waals surface area (Å²) in [7, 11) is 0. The van der Waals surface area contributed by atoms with Crippen molar-refractivity contribution in [3.8, 4) is 0 Å². The maximum atomic E-state index is 13.7. The van der Waals surface area contributed by atoms with Crippen LogP contribution in [0.1, 0.15) is 28.4 Å². The number of amides is 5. The van der Waals surface area contributed by atoms with Crippen LogP contribution in [0.15, 0.2) is 72.8 Å². The molecule has 1 fully saturated rings. The van der Waals surface area contributed by atoms with Crippen molar-refractivity contribution in [2.45, 2.75) is 19.0 Å². The van der Waals surface area contributed by atoms with E-state index < -0.39 is 47.5 Å². The number of nitrogens with one attached hydrogen (secondary N) is 3. The molecule has 1 heterocycles. The maximum absolute atomic E-state index is 13.7. The third-order valence-corrected chi connectivity index (χ3v) is 5.82. The number of benzene rings is 3. The molecule has 0 aromatic heterocycles. The van der Waals surface area contributed by atoms with E-state index in [2.05, 4.69) is 16.0 Å². The van der Waals surface area contributed by atoms with Crippen LogP contribution in [0, 0.1) is 11.6 Å². The summed E-state index contributed by atoms with van der Waals surface area (Å²) in [6.07, 6.45) is 0. The quantitative estimate of drug-likeness (QED) is 0.440. The molecule has 0 aliphatic carbocycles. The van der Waals surface area contributed by atoms with Crippen LogP contribution >= 0.6 is 0 Å². The number of rotatable bonds is 7. The van der Waals surface area contributed by atoms with Crippen molar-refractivity contribution >= 4 is 29.4 Å². The Labute approximate surface area is 205 Å². The smallest absolute Gasteiger partial charge is 0.325 e. The normalized spacial score (nSPS) is 17.0. The standard InChI is InChI=1S/C26H22F2N4O4/c1-26(17-11-12-19(27)20(28)13-17)24(35)32(25(36)31-26)15-22(33)30-21-10-6-5-9-18(21)23(34)29-14-16-7-3-2-4-8-16/h2-13H,14-15H2,1H3,(H,29,34)(H,30,33)(H,31,36). The number of urea groups is 1. The average molecular weight is 492 g/mol. The van der Waals surface area contributed by atoms with Gasteiger partial charge in [-0.2, -0.15) is 0 Å². The van der Waals surface area contributed by atoms with Crippen LogP contribution in [0.4, 0.5) is 19.3 Å². The SMILES string of the molecule is CC1(c2ccc(F)c(F)c2)NC(=O)N(CC(=O)Nc2ccccc2C(=O)NCc2ccccc2)C1=O. The highest BCUT2D eigenvalue weighted by molar-refractivity contribution is 6.11. The van der Waals surface area contributed by atoms with Crippen LogP contribution < -0.4 is 16.0 Å². The lowest BCUT2D eigenvalue weighted by atomic mass is 9.92. The minimum atomic E-state index is -1.68. The van der Waals surface area contributed by atoms with E-state index >= 15 is 0 Å². The van der Waals surface area contributed by atoms with Gasteiger partial charge < -0.3 is 16.0 Å². The number of imide groups is 1. The van der Waals surface area contributed by atoms with Gasteiger partial charge in [-0.25, -0.2) is 13.6 Å². The molecule has 184 valence electrons. The van der Waals surface area contributed by atoms with Gasteiger partial charge in [-0.15, -0.1) is 0 Å². The maximum Gasteiger partial charge on any atom is 0.325 e. The average Bonchev–Trinajstić information content (AvgIpc) is 3.08. The summed E-state index contributed by atoms with van der Waals surface area (Å²) in [5.41, 5.74) is -0.353. The molecular formula is C26H22F2N4O4. The lowest BCUT2D eigenvalue weighted by Gasteiger charge is -2.22. The number of carbonyl (C=O) groups excluding carboxylic acids is 4. The molecule has 3 N–H and O–H groups in total. The zero-order chi connectivity index (χ0) is 25.9. The molecule has 3 aromatic carbocycles. The highest BCUT2D eigenvalue weighted by atomic mass is 19.2. The fourth-order valence-corrected chi connectivity index (χ4v) is 3.84. The number of para-hydroxylation sites is 1. The summed E-state index contributed by atoms with van der Waals surface area (Å²) < 4.78 is 27.0. The van der Waals surface area contributed by atoms with Crippen molar-refractivity contribution in [3.05, 3.63) is 101 Å². The number of anilines is 1. The van der Waals surface area contributed by atoms with Gasteiger partial charge in [0.15, 0.2) is 11.6 Å². The number of halogens is 2. The van der Waals surface area contributed by atoms with Crippen LogP contribution in [-0.4, -0.2) is 35.2 Å². The molecule has 0 spiro atoms. The monoisotopic (exact) mass is 492 g/mol. The van der Waals surface area contributed by atoms with Gasteiger partial charge in [0, 0.05) is 6.54 Å². The predicted octanol–water partition coefficient (Wildman–Crippen LogP) is 3.30. The molecular weight excluding hydrogens is 470 g/mol. The second kappa shape index (κ2) is 9.95. The van der Waals surface area contributed by atoms with Gasteiger partial charge in [-0.3, -0.25) is 19.3 Å². The number of hydrogen-bond acceptors (Lipinski definition) is 4. The third kappa shape index (κ3) is 4.92. The van der Waals surface area contributed by atoms with Crippen LogP contribution in [0.3, 0.4) is 0 Å². The fraction of sp³-hybridized carbons (Fsp3) is 0.154. The Hall–Kier alpha value is -4.60. The molecule has 1 aliphatic rings. The van der Waals surface area contributed by atoms with E-state index in [1.165, 1.54) is 25.1 Å². The zero-order valence-corrected chi connectivity index (χ0v) is 19.2. The highest BCUT2D eigenvalue weighted by Gasteiger charge is 2.49.